The molecular weight excluding hydrogens is 405 g/mol. The van der Waals surface area contributed by atoms with Crippen molar-refractivity contribution < 1.29 is 22.8 Å². The molecule has 156 valence electrons. The van der Waals surface area contributed by atoms with Crippen LogP contribution in [0.15, 0.2) is 72.4 Å². The summed E-state index contributed by atoms with van der Waals surface area (Å²) in [6.07, 6.45) is 0.832. The van der Waals surface area contributed by atoms with E-state index in [0.717, 1.165) is 36.2 Å². The number of amides is 2. The van der Waals surface area contributed by atoms with E-state index in [1.165, 1.54) is 12.1 Å². The van der Waals surface area contributed by atoms with Crippen LogP contribution in [0.25, 0.3) is 5.57 Å². The number of anilines is 2. The van der Waals surface area contributed by atoms with Crippen LogP contribution in [0, 0.1) is 17.5 Å². The fourth-order valence-corrected chi connectivity index (χ4v) is 3.38. The first kappa shape index (κ1) is 20.4. The van der Waals surface area contributed by atoms with Crippen molar-refractivity contribution in [3.05, 3.63) is 101 Å². The fraction of sp³-hybridized carbons (Fsp3) is 0.0833. The molecule has 1 aliphatic rings. The highest BCUT2D eigenvalue weighted by molar-refractivity contribution is 6.46. The summed E-state index contributed by atoms with van der Waals surface area (Å²) in [7, 11) is 0. The predicted octanol–water partition coefficient (Wildman–Crippen LogP) is 5.06. The van der Waals surface area contributed by atoms with E-state index >= 15 is 0 Å². The maximum Gasteiger partial charge on any atom is 0.282 e. The van der Waals surface area contributed by atoms with E-state index in [0.29, 0.717) is 16.7 Å². The van der Waals surface area contributed by atoms with Crippen LogP contribution in [0.1, 0.15) is 18.1 Å². The average molecular weight is 422 g/mol. The Hall–Kier alpha value is -3.87. The molecule has 0 fully saturated rings. The molecule has 0 saturated heterocycles. The third kappa shape index (κ3) is 3.82. The van der Waals surface area contributed by atoms with E-state index in [9.17, 15) is 22.8 Å². The minimum Gasteiger partial charge on any atom is -0.350 e. The Morgan fingerprint density at radius 1 is 0.806 bits per heavy atom. The van der Waals surface area contributed by atoms with Crippen molar-refractivity contribution in [1.82, 2.24) is 0 Å². The van der Waals surface area contributed by atoms with Gasteiger partial charge in [0.15, 0.2) is 0 Å². The fourth-order valence-electron chi connectivity index (χ4n) is 3.38. The number of hydrogen-bond donors (Lipinski definition) is 1. The number of carbonyl (C=O) groups is 2. The second kappa shape index (κ2) is 8.10. The van der Waals surface area contributed by atoms with Crippen LogP contribution in [0.4, 0.5) is 24.5 Å². The van der Waals surface area contributed by atoms with Crippen molar-refractivity contribution in [3.8, 4) is 0 Å². The SMILES string of the molecule is CCc1ccc(NC2=C(c3ccc(F)cc3)C(=O)N(c3ccc(F)cc3F)C2=O)cc1. The molecule has 1 N–H and O–H groups in total. The van der Waals surface area contributed by atoms with Crippen molar-refractivity contribution >= 4 is 28.8 Å². The number of nitrogens with one attached hydrogen (secondary N) is 1. The summed E-state index contributed by atoms with van der Waals surface area (Å²) in [5, 5.41) is 2.94. The second-order valence-corrected chi connectivity index (χ2v) is 6.97. The van der Waals surface area contributed by atoms with Crippen LogP contribution in [0.5, 0.6) is 0 Å². The Balaban J connectivity index is 1.81. The molecule has 0 radical (unpaired) electrons. The smallest absolute Gasteiger partial charge is 0.282 e. The third-order valence-corrected chi connectivity index (χ3v) is 5.00. The Bertz CT molecular complexity index is 1200. The molecule has 1 heterocycles. The number of hydrogen-bond acceptors (Lipinski definition) is 3. The van der Waals surface area contributed by atoms with Gasteiger partial charge < -0.3 is 5.32 Å². The zero-order chi connectivity index (χ0) is 22.1. The van der Waals surface area contributed by atoms with Crippen molar-refractivity contribution in [2.75, 3.05) is 10.2 Å². The van der Waals surface area contributed by atoms with Crippen LogP contribution < -0.4 is 10.2 Å². The molecule has 0 saturated carbocycles. The lowest BCUT2D eigenvalue weighted by Gasteiger charge is -2.16. The van der Waals surface area contributed by atoms with Gasteiger partial charge in [-0.05, 0) is 53.9 Å². The highest BCUT2D eigenvalue weighted by Gasteiger charge is 2.41. The third-order valence-electron chi connectivity index (χ3n) is 5.00. The first-order chi connectivity index (χ1) is 14.9. The highest BCUT2D eigenvalue weighted by atomic mass is 19.1. The topological polar surface area (TPSA) is 49.4 Å². The summed E-state index contributed by atoms with van der Waals surface area (Å²) in [6, 6.07) is 14.9. The molecule has 2 amide bonds. The predicted molar refractivity (Wildman–Crippen MR) is 112 cm³/mol. The lowest BCUT2D eigenvalue weighted by Crippen LogP contribution is -2.33. The molecule has 0 aliphatic carbocycles. The number of imide groups is 1. The van der Waals surface area contributed by atoms with Gasteiger partial charge in [-0.3, -0.25) is 9.59 Å². The largest absolute Gasteiger partial charge is 0.350 e. The van der Waals surface area contributed by atoms with Gasteiger partial charge in [-0.25, -0.2) is 18.1 Å². The van der Waals surface area contributed by atoms with Gasteiger partial charge in [0, 0.05) is 11.8 Å². The van der Waals surface area contributed by atoms with Gasteiger partial charge in [0.05, 0.1) is 11.3 Å². The minimum absolute atomic E-state index is 0.0340. The lowest BCUT2D eigenvalue weighted by molar-refractivity contribution is -0.120. The average Bonchev–Trinajstić information content (AvgIpc) is 2.99. The number of benzene rings is 3. The normalized spacial score (nSPS) is 13.9. The number of aryl methyl sites for hydroxylation is 1. The van der Waals surface area contributed by atoms with Gasteiger partial charge in [-0.2, -0.15) is 0 Å². The minimum atomic E-state index is -1.05. The molecule has 7 heteroatoms. The van der Waals surface area contributed by atoms with Crippen molar-refractivity contribution in [2.24, 2.45) is 0 Å². The summed E-state index contributed by atoms with van der Waals surface area (Å²) in [4.78, 5) is 27.0. The van der Waals surface area contributed by atoms with Crippen molar-refractivity contribution in [1.29, 1.82) is 0 Å². The number of halogens is 3. The summed E-state index contributed by atoms with van der Waals surface area (Å²) in [5.74, 6) is -3.98. The van der Waals surface area contributed by atoms with E-state index in [4.69, 9.17) is 0 Å². The molecular formula is C24H17F3N2O2. The first-order valence-electron chi connectivity index (χ1n) is 9.59. The molecule has 31 heavy (non-hydrogen) atoms. The zero-order valence-corrected chi connectivity index (χ0v) is 16.5. The molecule has 0 unspecified atom stereocenters. The maximum absolute atomic E-state index is 14.4. The lowest BCUT2D eigenvalue weighted by atomic mass is 10.0. The summed E-state index contributed by atoms with van der Waals surface area (Å²) in [5.41, 5.74) is 1.45. The standard InChI is InChI=1S/C24H17F3N2O2/c1-2-14-3-10-18(11-4-14)28-22-21(15-5-7-16(25)8-6-15)23(30)29(24(22)31)20-12-9-17(26)13-19(20)27/h3-13,28H,2H2,1H3. The molecule has 4 nitrogen and oxygen atoms in total. The summed E-state index contributed by atoms with van der Waals surface area (Å²) in [6.45, 7) is 2.01. The van der Waals surface area contributed by atoms with E-state index in [-0.39, 0.29) is 22.5 Å². The van der Waals surface area contributed by atoms with Gasteiger partial charge in [-0.1, -0.05) is 31.2 Å². The molecule has 0 spiro atoms. The Morgan fingerprint density at radius 2 is 1.45 bits per heavy atom. The number of rotatable bonds is 5. The monoisotopic (exact) mass is 422 g/mol. The van der Waals surface area contributed by atoms with Gasteiger partial charge >= 0.3 is 0 Å². The molecule has 0 bridgehead atoms. The van der Waals surface area contributed by atoms with E-state index in [2.05, 4.69) is 5.32 Å². The van der Waals surface area contributed by atoms with Gasteiger partial charge in [0.25, 0.3) is 11.8 Å². The van der Waals surface area contributed by atoms with Crippen LogP contribution in [-0.2, 0) is 16.0 Å². The van der Waals surface area contributed by atoms with Crippen LogP contribution in [-0.4, -0.2) is 11.8 Å². The Labute approximate surface area is 176 Å². The molecule has 0 aromatic heterocycles. The molecule has 3 aromatic carbocycles. The number of nitrogens with zero attached hydrogens (tertiary/aromatic N) is 1. The number of carbonyl (C=O) groups excluding carboxylic acids is 2. The van der Waals surface area contributed by atoms with Crippen molar-refractivity contribution in [2.45, 2.75) is 13.3 Å². The Morgan fingerprint density at radius 3 is 2.06 bits per heavy atom. The van der Waals surface area contributed by atoms with E-state index in [1.807, 2.05) is 19.1 Å². The summed E-state index contributed by atoms with van der Waals surface area (Å²) < 4.78 is 41.2. The zero-order valence-electron chi connectivity index (χ0n) is 16.5. The Kier molecular flexibility index (Phi) is 5.33. The van der Waals surface area contributed by atoms with Gasteiger partial charge in [0.1, 0.15) is 23.1 Å². The molecule has 0 atom stereocenters. The van der Waals surface area contributed by atoms with E-state index < -0.39 is 29.3 Å². The van der Waals surface area contributed by atoms with Gasteiger partial charge in [0.2, 0.25) is 0 Å². The first-order valence-corrected chi connectivity index (χ1v) is 9.59. The molecule has 4 rings (SSSR count). The highest BCUT2D eigenvalue weighted by Crippen LogP contribution is 2.35. The quantitative estimate of drug-likeness (QED) is 0.585. The summed E-state index contributed by atoms with van der Waals surface area (Å²) >= 11 is 0. The van der Waals surface area contributed by atoms with Crippen molar-refractivity contribution in [3.63, 3.8) is 0 Å². The van der Waals surface area contributed by atoms with E-state index in [1.54, 1.807) is 12.1 Å². The second-order valence-electron chi connectivity index (χ2n) is 6.97. The van der Waals surface area contributed by atoms with Gasteiger partial charge in [-0.15, -0.1) is 0 Å². The van der Waals surface area contributed by atoms with Crippen LogP contribution in [0.3, 0.4) is 0 Å². The maximum atomic E-state index is 14.4. The molecule has 3 aromatic rings. The van der Waals surface area contributed by atoms with Crippen LogP contribution in [0.2, 0.25) is 0 Å². The van der Waals surface area contributed by atoms with Crippen LogP contribution >= 0.6 is 0 Å². The molecule has 1 aliphatic heterocycles.